The number of thioether (sulfide) groups is 1. The minimum absolute atomic E-state index is 0.170. The number of rotatable bonds is 4. The van der Waals surface area contributed by atoms with Gasteiger partial charge in [-0.25, -0.2) is 0 Å². The van der Waals surface area contributed by atoms with E-state index in [9.17, 15) is 4.79 Å². The molecule has 0 spiro atoms. The fourth-order valence-electron chi connectivity index (χ4n) is 1.20. The number of esters is 1. The van der Waals surface area contributed by atoms with Crippen LogP contribution in [0, 0.1) is 0 Å². The summed E-state index contributed by atoms with van der Waals surface area (Å²) in [7, 11) is 0. The standard InChI is InChI=1S/C13H17ClO2S/c1-13(2,3)16-12(15)9-17-8-10-4-6-11(14)7-5-10/h4-7H,8-9H2,1-3H3. The highest BCUT2D eigenvalue weighted by Gasteiger charge is 2.15. The summed E-state index contributed by atoms with van der Waals surface area (Å²) >= 11 is 7.33. The third kappa shape index (κ3) is 6.59. The fourth-order valence-corrected chi connectivity index (χ4v) is 2.09. The van der Waals surface area contributed by atoms with Gasteiger partial charge in [-0.3, -0.25) is 4.79 Å². The van der Waals surface area contributed by atoms with Gasteiger partial charge in [0.2, 0.25) is 0 Å². The summed E-state index contributed by atoms with van der Waals surface area (Å²) in [5, 5.41) is 0.728. The molecule has 17 heavy (non-hydrogen) atoms. The molecule has 0 heterocycles. The number of ether oxygens (including phenoxy) is 1. The molecule has 4 heteroatoms. The topological polar surface area (TPSA) is 26.3 Å². The Bertz CT molecular complexity index is 368. The Hall–Kier alpha value is -0.670. The molecule has 0 unspecified atom stereocenters. The summed E-state index contributed by atoms with van der Waals surface area (Å²) in [6.45, 7) is 5.61. The molecule has 1 rings (SSSR count). The molecule has 2 nitrogen and oxygen atoms in total. The average molecular weight is 273 g/mol. The highest BCUT2D eigenvalue weighted by molar-refractivity contribution is 7.99. The van der Waals surface area contributed by atoms with Crippen LogP contribution in [0.25, 0.3) is 0 Å². The Morgan fingerprint density at radius 1 is 1.29 bits per heavy atom. The zero-order chi connectivity index (χ0) is 12.9. The van der Waals surface area contributed by atoms with Crippen LogP contribution < -0.4 is 0 Å². The minimum atomic E-state index is -0.405. The van der Waals surface area contributed by atoms with Gasteiger partial charge in [-0.15, -0.1) is 11.8 Å². The summed E-state index contributed by atoms with van der Waals surface area (Å²) in [4.78, 5) is 11.4. The van der Waals surface area contributed by atoms with E-state index in [0.717, 1.165) is 16.3 Å². The van der Waals surface area contributed by atoms with Gasteiger partial charge in [0, 0.05) is 10.8 Å². The molecule has 0 radical (unpaired) electrons. The zero-order valence-corrected chi connectivity index (χ0v) is 11.9. The maximum Gasteiger partial charge on any atom is 0.316 e. The van der Waals surface area contributed by atoms with Gasteiger partial charge < -0.3 is 4.74 Å². The van der Waals surface area contributed by atoms with Gasteiger partial charge in [-0.05, 0) is 38.5 Å². The van der Waals surface area contributed by atoms with Crippen molar-refractivity contribution < 1.29 is 9.53 Å². The molecule has 0 fully saturated rings. The third-order valence-electron chi connectivity index (χ3n) is 1.82. The van der Waals surface area contributed by atoms with Crippen LogP contribution in [0.1, 0.15) is 26.3 Å². The van der Waals surface area contributed by atoms with E-state index in [1.54, 1.807) is 11.8 Å². The molecular formula is C13H17ClO2S. The highest BCUT2D eigenvalue weighted by Crippen LogP contribution is 2.16. The highest BCUT2D eigenvalue weighted by atomic mass is 35.5. The van der Waals surface area contributed by atoms with Crippen molar-refractivity contribution in [2.24, 2.45) is 0 Å². The van der Waals surface area contributed by atoms with E-state index in [2.05, 4.69) is 0 Å². The molecule has 1 aromatic rings. The van der Waals surface area contributed by atoms with Gasteiger partial charge in [-0.2, -0.15) is 0 Å². The molecule has 0 aromatic heterocycles. The number of carbonyl (C=O) groups is 1. The maximum atomic E-state index is 11.4. The van der Waals surface area contributed by atoms with Crippen molar-refractivity contribution in [3.05, 3.63) is 34.9 Å². The molecule has 94 valence electrons. The Morgan fingerprint density at radius 2 is 1.88 bits per heavy atom. The molecular weight excluding hydrogens is 256 g/mol. The van der Waals surface area contributed by atoms with Crippen LogP contribution in [0.2, 0.25) is 5.02 Å². The maximum absolute atomic E-state index is 11.4. The van der Waals surface area contributed by atoms with Crippen molar-refractivity contribution in [2.45, 2.75) is 32.1 Å². The first-order chi connectivity index (χ1) is 7.87. The van der Waals surface area contributed by atoms with E-state index >= 15 is 0 Å². The number of hydrogen-bond acceptors (Lipinski definition) is 3. The summed E-state index contributed by atoms with van der Waals surface area (Å²) in [5.74, 6) is 0.993. The summed E-state index contributed by atoms with van der Waals surface area (Å²) in [6, 6.07) is 7.63. The second-order valence-electron chi connectivity index (χ2n) is 4.71. The van der Waals surface area contributed by atoms with Gasteiger partial charge in [0.25, 0.3) is 0 Å². The SMILES string of the molecule is CC(C)(C)OC(=O)CSCc1ccc(Cl)cc1. The van der Waals surface area contributed by atoms with Crippen molar-refractivity contribution in [2.75, 3.05) is 5.75 Å². The normalized spacial score (nSPS) is 11.3. The lowest BCUT2D eigenvalue weighted by molar-refractivity contribution is -0.151. The smallest absolute Gasteiger partial charge is 0.316 e. The molecule has 0 saturated carbocycles. The number of halogens is 1. The van der Waals surface area contributed by atoms with E-state index in [4.69, 9.17) is 16.3 Å². The van der Waals surface area contributed by atoms with Crippen molar-refractivity contribution >= 4 is 29.3 Å². The average Bonchev–Trinajstić information content (AvgIpc) is 2.18. The van der Waals surface area contributed by atoms with Gasteiger partial charge in [0.15, 0.2) is 0 Å². The molecule has 0 aliphatic heterocycles. The lowest BCUT2D eigenvalue weighted by atomic mass is 10.2. The van der Waals surface area contributed by atoms with E-state index in [0.29, 0.717) is 5.75 Å². The van der Waals surface area contributed by atoms with Gasteiger partial charge >= 0.3 is 5.97 Å². The lowest BCUT2D eigenvalue weighted by Gasteiger charge is -2.19. The Kier molecular flexibility index (Phi) is 5.34. The monoisotopic (exact) mass is 272 g/mol. The second-order valence-corrected chi connectivity index (χ2v) is 6.13. The molecule has 0 atom stereocenters. The van der Waals surface area contributed by atoms with Crippen LogP contribution >= 0.6 is 23.4 Å². The Labute approximate surface area is 112 Å². The first-order valence-corrected chi connectivity index (χ1v) is 6.94. The van der Waals surface area contributed by atoms with E-state index in [1.165, 1.54) is 0 Å². The van der Waals surface area contributed by atoms with Gasteiger partial charge in [0.1, 0.15) is 5.60 Å². The Morgan fingerprint density at radius 3 is 2.41 bits per heavy atom. The molecule has 0 aliphatic carbocycles. The number of hydrogen-bond donors (Lipinski definition) is 0. The van der Waals surface area contributed by atoms with Crippen molar-refractivity contribution in [1.29, 1.82) is 0 Å². The van der Waals surface area contributed by atoms with E-state index in [1.807, 2.05) is 45.0 Å². The minimum Gasteiger partial charge on any atom is -0.459 e. The summed E-state index contributed by atoms with van der Waals surface area (Å²) < 4.78 is 5.21. The first kappa shape index (κ1) is 14.4. The van der Waals surface area contributed by atoms with Crippen LogP contribution in [0.15, 0.2) is 24.3 Å². The molecule has 0 aliphatic rings. The molecule has 0 saturated heterocycles. The quantitative estimate of drug-likeness (QED) is 0.777. The third-order valence-corrected chi connectivity index (χ3v) is 3.05. The van der Waals surface area contributed by atoms with E-state index in [-0.39, 0.29) is 5.97 Å². The lowest BCUT2D eigenvalue weighted by Crippen LogP contribution is -2.24. The summed E-state index contributed by atoms with van der Waals surface area (Å²) in [5.41, 5.74) is 0.751. The predicted molar refractivity (Wildman–Crippen MR) is 73.5 cm³/mol. The number of carbonyl (C=O) groups excluding carboxylic acids is 1. The largest absolute Gasteiger partial charge is 0.459 e. The van der Waals surface area contributed by atoms with Crippen LogP contribution in [0.3, 0.4) is 0 Å². The van der Waals surface area contributed by atoms with Crippen LogP contribution in [0.4, 0.5) is 0 Å². The van der Waals surface area contributed by atoms with Crippen LogP contribution in [-0.2, 0) is 15.3 Å². The van der Waals surface area contributed by atoms with E-state index < -0.39 is 5.60 Å². The van der Waals surface area contributed by atoms with Crippen molar-refractivity contribution in [1.82, 2.24) is 0 Å². The molecule has 0 N–H and O–H groups in total. The van der Waals surface area contributed by atoms with Crippen LogP contribution in [-0.4, -0.2) is 17.3 Å². The van der Waals surface area contributed by atoms with Gasteiger partial charge in [0.05, 0.1) is 5.75 Å². The van der Waals surface area contributed by atoms with Crippen molar-refractivity contribution in [3.63, 3.8) is 0 Å². The second kappa shape index (κ2) is 6.31. The first-order valence-electron chi connectivity index (χ1n) is 5.41. The molecule has 1 aromatic carbocycles. The molecule has 0 amide bonds. The number of benzene rings is 1. The molecule has 0 bridgehead atoms. The van der Waals surface area contributed by atoms with Crippen molar-refractivity contribution in [3.8, 4) is 0 Å². The van der Waals surface area contributed by atoms with Crippen LogP contribution in [0.5, 0.6) is 0 Å². The predicted octanol–water partition coefficient (Wildman–Crippen LogP) is 3.91. The van der Waals surface area contributed by atoms with Gasteiger partial charge in [-0.1, -0.05) is 23.7 Å². The fraction of sp³-hybridized carbons (Fsp3) is 0.462. The summed E-state index contributed by atoms with van der Waals surface area (Å²) in [6.07, 6.45) is 0. The zero-order valence-electron chi connectivity index (χ0n) is 10.3. The Balaban J connectivity index is 2.28.